The van der Waals surface area contributed by atoms with Crippen molar-refractivity contribution in [2.45, 2.75) is 6.54 Å². The molecule has 128 valence electrons. The van der Waals surface area contributed by atoms with Crippen LogP contribution in [0.2, 0.25) is 0 Å². The third kappa shape index (κ3) is 2.83. The lowest BCUT2D eigenvalue weighted by Crippen LogP contribution is -2.10. The van der Waals surface area contributed by atoms with Gasteiger partial charge in [0.1, 0.15) is 11.3 Å². The molecule has 0 aliphatic carbocycles. The highest BCUT2D eigenvalue weighted by Gasteiger charge is 2.14. The molecule has 0 amide bonds. The average molecular weight is 339 g/mol. The van der Waals surface area contributed by atoms with E-state index in [9.17, 15) is 4.39 Å². The van der Waals surface area contributed by atoms with Crippen molar-refractivity contribution in [3.8, 4) is 0 Å². The van der Waals surface area contributed by atoms with Crippen LogP contribution in [0.25, 0.3) is 22.1 Å². The molecule has 0 atom stereocenters. The lowest BCUT2D eigenvalue weighted by atomic mass is 10.2. The Morgan fingerprint density at radius 3 is 2.80 bits per heavy atom. The van der Waals surface area contributed by atoms with Gasteiger partial charge in [-0.05, 0) is 32.3 Å². The third-order valence-corrected chi connectivity index (χ3v) is 4.04. The molecule has 2 heterocycles. The number of nitrogens with one attached hydrogen (secondary N) is 1. The molecule has 0 radical (unpaired) electrons. The molecule has 2 aromatic heterocycles. The number of rotatable bonds is 4. The summed E-state index contributed by atoms with van der Waals surface area (Å²) in [7, 11) is 5.87. The largest absolute Gasteiger partial charge is 0.423 e. The predicted octanol–water partition coefficient (Wildman–Crippen LogP) is 3.66. The van der Waals surface area contributed by atoms with E-state index in [4.69, 9.17) is 4.42 Å². The van der Waals surface area contributed by atoms with Crippen molar-refractivity contribution in [1.29, 1.82) is 0 Å². The second-order valence-corrected chi connectivity index (χ2v) is 6.27. The Bertz CT molecular complexity index is 1070. The zero-order chi connectivity index (χ0) is 17.6. The summed E-state index contributed by atoms with van der Waals surface area (Å²) in [5.74, 6) is 0.230. The number of imidazole rings is 1. The topological polar surface area (TPSA) is 59.1 Å². The van der Waals surface area contributed by atoms with Gasteiger partial charge >= 0.3 is 6.01 Å². The van der Waals surface area contributed by atoms with Crippen LogP contribution in [0.3, 0.4) is 0 Å². The first-order valence-corrected chi connectivity index (χ1v) is 7.93. The highest BCUT2D eigenvalue weighted by molar-refractivity contribution is 5.81. The zero-order valence-corrected chi connectivity index (χ0v) is 14.2. The lowest BCUT2D eigenvalue weighted by Gasteiger charge is -2.08. The van der Waals surface area contributed by atoms with Gasteiger partial charge in [0.15, 0.2) is 5.58 Å². The Hall–Kier alpha value is -2.93. The van der Waals surface area contributed by atoms with Crippen LogP contribution < -0.4 is 5.32 Å². The van der Waals surface area contributed by atoms with Gasteiger partial charge in [-0.15, -0.1) is 0 Å². The molecular formula is C18H18FN5O. The van der Waals surface area contributed by atoms with Crippen molar-refractivity contribution in [1.82, 2.24) is 19.4 Å². The van der Waals surface area contributed by atoms with Crippen LogP contribution in [0.5, 0.6) is 0 Å². The molecule has 0 saturated heterocycles. The quantitative estimate of drug-likeness (QED) is 0.615. The Kier molecular flexibility index (Phi) is 3.65. The van der Waals surface area contributed by atoms with E-state index < -0.39 is 0 Å². The van der Waals surface area contributed by atoms with Crippen LogP contribution in [0.15, 0.2) is 40.8 Å². The van der Waals surface area contributed by atoms with Crippen molar-refractivity contribution in [3.63, 3.8) is 0 Å². The predicted molar refractivity (Wildman–Crippen MR) is 95.4 cm³/mol. The summed E-state index contributed by atoms with van der Waals surface area (Å²) in [5, 5.41) is 3.09. The molecule has 25 heavy (non-hydrogen) atoms. The molecule has 0 saturated carbocycles. The number of nitrogens with zero attached hydrogens (tertiary/aromatic N) is 4. The van der Waals surface area contributed by atoms with E-state index in [0.29, 0.717) is 17.5 Å². The van der Waals surface area contributed by atoms with E-state index in [2.05, 4.69) is 20.2 Å². The zero-order valence-electron chi connectivity index (χ0n) is 14.2. The van der Waals surface area contributed by atoms with Gasteiger partial charge in [-0.2, -0.15) is 4.98 Å². The number of benzene rings is 2. The number of halogens is 1. The minimum absolute atomic E-state index is 0.313. The average Bonchev–Trinajstić information content (AvgIpc) is 3.09. The summed E-state index contributed by atoms with van der Waals surface area (Å²) in [6, 6.07) is 10.8. The van der Waals surface area contributed by atoms with E-state index >= 15 is 0 Å². The van der Waals surface area contributed by atoms with E-state index in [1.807, 2.05) is 43.9 Å². The fourth-order valence-electron chi connectivity index (χ4n) is 2.91. The second-order valence-electron chi connectivity index (χ2n) is 6.27. The molecule has 4 aromatic rings. The summed E-state index contributed by atoms with van der Waals surface area (Å²) in [5.41, 5.74) is 4.01. The van der Waals surface area contributed by atoms with E-state index in [1.54, 1.807) is 6.07 Å². The normalized spacial score (nSPS) is 11.7. The molecular weight excluding hydrogens is 321 g/mol. The standard InChI is InChI=1S/C18H18FN5O/c1-23(2)10-11-5-4-6-13-16(11)25-18(21-13)22-17-20-14-9-12(19)7-8-15(14)24(17)3/h4-9H,10H2,1-3H3,(H,20,21,22). The van der Waals surface area contributed by atoms with Crippen molar-refractivity contribution >= 4 is 34.1 Å². The molecule has 0 aliphatic rings. The molecule has 0 spiro atoms. The number of hydrogen-bond acceptors (Lipinski definition) is 5. The van der Waals surface area contributed by atoms with E-state index in [-0.39, 0.29) is 5.82 Å². The number of para-hydroxylation sites is 1. The highest BCUT2D eigenvalue weighted by atomic mass is 19.1. The molecule has 0 unspecified atom stereocenters. The van der Waals surface area contributed by atoms with Crippen LogP contribution in [-0.4, -0.2) is 33.5 Å². The van der Waals surface area contributed by atoms with Crippen LogP contribution in [0.1, 0.15) is 5.56 Å². The Labute approximate surface area is 143 Å². The first-order chi connectivity index (χ1) is 12.0. The summed E-state index contributed by atoms with van der Waals surface area (Å²) in [4.78, 5) is 11.0. The lowest BCUT2D eigenvalue weighted by molar-refractivity contribution is 0.401. The smallest absolute Gasteiger partial charge is 0.302 e. The Balaban J connectivity index is 1.72. The maximum Gasteiger partial charge on any atom is 0.302 e. The number of aryl methyl sites for hydroxylation is 1. The monoisotopic (exact) mass is 339 g/mol. The van der Waals surface area contributed by atoms with Gasteiger partial charge in [0.2, 0.25) is 5.95 Å². The molecule has 0 bridgehead atoms. The highest BCUT2D eigenvalue weighted by Crippen LogP contribution is 2.27. The third-order valence-electron chi connectivity index (χ3n) is 4.04. The van der Waals surface area contributed by atoms with Gasteiger partial charge in [0, 0.05) is 25.2 Å². The Morgan fingerprint density at radius 1 is 1.16 bits per heavy atom. The van der Waals surface area contributed by atoms with Gasteiger partial charge < -0.3 is 13.9 Å². The van der Waals surface area contributed by atoms with E-state index in [1.165, 1.54) is 12.1 Å². The molecule has 6 nitrogen and oxygen atoms in total. The van der Waals surface area contributed by atoms with Gasteiger partial charge in [-0.25, -0.2) is 9.37 Å². The first kappa shape index (κ1) is 15.6. The van der Waals surface area contributed by atoms with Crippen LogP contribution in [0, 0.1) is 5.82 Å². The fraction of sp³-hybridized carbons (Fsp3) is 0.222. The summed E-state index contributed by atoms with van der Waals surface area (Å²) in [6.07, 6.45) is 0. The fourth-order valence-corrected chi connectivity index (χ4v) is 2.91. The van der Waals surface area contributed by atoms with Gasteiger partial charge in [-0.3, -0.25) is 5.32 Å². The van der Waals surface area contributed by atoms with Crippen molar-refractivity contribution in [2.75, 3.05) is 19.4 Å². The van der Waals surface area contributed by atoms with Crippen molar-refractivity contribution in [3.05, 3.63) is 47.8 Å². The minimum Gasteiger partial charge on any atom is -0.423 e. The summed E-state index contributed by atoms with van der Waals surface area (Å²) >= 11 is 0. The van der Waals surface area contributed by atoms with Gasteiger partial charge in [0.25, 0.3) is 0 Å². The van der Waals surface area contributed by atoms with Crippen LogP contribution >= 0.6 is 0 Å². The number of anilines is 2. The van der Waals surface area contributed by atoms with E-state index in [0.717, 1.165) is 28.7 Å². The molecule has 0 aliphatic heterocycles. The first-order valence-electron chi connectivity index (χ1n) is 7.93. The number of oxazole rings is 1. The SMILES string of the molecule is CN(C)Cc1cccc2nc(Nc3nc4cc(F)ccc4n3C)oc12. The second kappa shape index (κ2) is 5.86. The maximum absolute atomic E-state index is 13.4. The maximum atomic E-state index is 13.4. The van der Waals surface area contributed by atoms with Gasteiger partial charge in [0.05, 0.1) is 11.0 Å². The molecule has 2 aromatic carbocycles. The van der Waals surface area contributed by atoms with Crippen molar-refractivity contribution in [2.24, 2.45) is 7.05 Å². The minimum atomic E-state index is -0.313. The summed E-state index contributed by atoms with van der Waals surface area (Å²) < 4.78 is 21.1. The number of hydrogen-bond donors (Lipinski definition) is 1. The number of fused-ring (bicyclic) bond motifs is 2. The summed E-state index contributed by atoms with van der Waals surface area (Å²) in [6.45, 7) is 0.761. The van der Waals surface area contributed by atoms with Crippen molar-refractivity contribution < 1.29 is 8.81 Å². The number of aromatic nitrogens is 3. The molecule has 0 fully saturated rings. The molecule has 7 heteroatoms. The van der Waals surface area contributed by atoms with Gasteiger partial charge in [-0.1, -0.05) is 12.1 Å². The Morgan fingerprint density at radius 2 is 2.00 bits per heavy atom. The van der Waals surface area contributed by atoms with Crippen LogP contribution in [-0.2, 0) is 13.6 Å². The van der Waals surface area contributed by atoms with Crippen LogP contribution in [0.4, 0.5) is 16.4 Å². The molecule has 4 rings (SSSR count). The molecule has 1 N–H and O–H groups in total.